The van der Waals surface area contributed by atoms with Crippen molar-refractivity contribution in [1.82, 2.24) is 10.0 Å². The minimum absolute atomic E-state index is 0. The van der Waals surface area contributed by atoms with E-state index in [2.05, 4.69) is 6.92 Å². The molecular weight excluding hydrogens is 300 g/mol. The number of nitrogens with zero attached hydrogens (tertiary/aromatic N) is 2. The molecule has 2 aliphatic rings. The molecule has 1 aromatic carbocycles. The number of hydrogen-bond donors (Lipinski definition) is 0. The molecule has 0 bridgehead atoms. The Morgan fingerprint density at radius 2 is 1.77 bits per heavy atom. The van der Waals surface area contributed by atoms with Crippen molar-refractivity contribution in [3.63, 3.8) is 0 Å². The molecule has 0 unspecified atom stereocenters. The molecule has 0 saturated carbocycles. The van der Waals surface area contributed by atoms with E-state index in [9.17, 15) is 9.59 Å². The summed E-state index contributed by atoms with van der Waals surface area (Å²) in [6.45, 7) is 3.74. The Kier molecular flexibility index (Phi) is 5.59. The zero-order valence-corrected chi connectivity index (χ0v) is 13.8. The molecule has 1 saturated heterocycles. The lowest BCUT2D eigenvalue weighted by Crippen LogP contribution is -2.48. The van der Waals surface area contributed by atoms with Crippen LogP contribution in [0.4, 0.5) is 0 Å². The van der Waals surface area contributed by atoms with Gasteiger partial charge in [-0.15, -0.1) is 12.4 Å². The number of rotatable bonds is 4. The van der Waals surface area contributed by atoms with Gasteiger partial charge in [0.25, 0.3) is 11.8 Å². The standard InChI is InChI=1S/C17H22N2O2.ClH/c1-2-3-8-13-9-7-10-14-15(13)17(21)19(16(14)20)18-11-5-4-6-12-18;/h7,9-10H,2-6,8,11-12H2,1H3;1H. The van der Waals surface area contributed by atoms with Crippen LogP contribution in [0.3, 0.4) is 0 Å². The fourth-order valence-electron chi connectivity index (χ4n) is 3.25. The van der Waals surface area contributed by atoms with Crippen molar-refractivity contribution in [2.75, 3.05) is 13.1 Å². The van der Waals surface area contributed by atoms with E-state index in [0.29, 0.717) is 11.1 Å². The summed E-state index contributed by atoms with van der Waals surface area (Å²) in [7, 11) is 0. The molecule has 0 aliphatic carbocycles. The molecule has 0 aromatic heterocycles. The number of benzene rings is 1. The monoisotopic (exact) mass is 322 g/mol. The van der Waals surface area contributed by atoms with E-state index < -0.39 is 0 Å². The molecule has 120 valence electrons. The normalized spacial score (nSPS) is 18.3. The van der Waals surface area contributed by atoms with Crippen LogP contribution in [-0.4, -0.2) is 34.9 Å². The van der Waals surface area contributed by atoms with Gasteiger partial charge in [-0.1, -0.05) is 31.9 Å². The molecule has 0 N–H and O–H groups in total. The summed E-state index contributed by atoms with van der Waals surface area (Å²) >= 11 is 0. The van der Waals surface area contributed by atoms with Crippen molar-refractivity contribution in [3.05, 3.63) is 34.9 Å². The lowest BCUT2D eigenvalue weighted by molar-refractivity contribution is -0.00685. The second-order valence-corrected chi connectivity index (χ2v) is 5.88. The second-order valence-electron chi connectivity index (χ2n) is 5.88. The molecule has 1 aromatic rings. The van der Waals surface area contributed by atoms with Crippen LogP contribution in [0.2, 0.25) is 0 Å². The van der Waals surface area contributed by atoms with Gasteiger partial charge in [-0.25, -0.2) is 10.0 Å². The van der Waals surface area contributed by atoms with Crippen LogP contribution in [0.1, 0.15) is 65.3 Å². The van der Waals surface area contributed by atoms with Gasteiger partial charge in [-0.05, 0) is 37.3 Å². The molecule has 0 spiro atoms. The van der Waals surface area contributed by atoms with E-state index in [4.69, 9.17) is 0 Å². The number of amides is 2. The maximum Gasteiger partial charge on any atom is 0.276 e. The molecule has 2 aliphatic heterocycles. The van der Waals surface area contributed by atoms with Crippen LogP contribution in [0, 0.1) is 0 Å². The highest BCUT2D eigenvalue weighted by molar-refractivity contribution is 6.21. The molecule has 5 heteroatoms. The fraction of sp³-hybridized carbons (Fsp3) is 0.529. The summed E-state index contributed by atoms with van der Waals surface area (Å²) < 4.78 is 0. The minimum atomic E-state index is -0.143. The quantitative estimate of drug-likeness (QED) is 0.797. The maximum atomic E-state index is 12.8. The summed E-state index contributed by atoms with van der Waals surface area (Å²) in [5.74, 6) is -0.265. The Balaban J connectivity index is 0.00000176. The molecule has 4 nitrogen and oxygen atoms in total. The van der Waals surface area contributed by atoms with Crippen molar-refractivity contribution in [2.45, 2.75) is 45.4 Å². The summed E-state index contributed by atoms with van der Waals surface area (Å²) in [4.78, 5) is 25.3. The SMILES string of the molecule is CCCCc1cccc2c1C(=O)N(N1CCCCC1)C2=O.Cl. The van der Waals surface area contributed by atoms with E-state index in [-0.39, 0.29) is 24.2 Å². The molecular formula is C17H23ClN2O2. The highest BCUT2D eigenvalue weighted by atomic mass is 35.5. The number of hydrazine groups is 1. The molecule has 1 fully saturated rings. The fourth-order valence-corrected chi connectivity index (χ4v) is 3.25. The van der Waals surface area contributed by atoms with E-state index in [1.54, 1.807) is 6.07 Å². The average molecular weight is 323 g/mol. The van der Waals surface area contributed by atoms with Gasteiger partial charge in [0.1, 0.15) is 0 Å². The summed E-state index contributed by atoms with van der Waals surface area (Å²) in [5.41, 5.74) is 2.24. The van der Waals surface area contributed by atoms with E-state index >= 15 is 0 Å². The van der Waals surface area contributed by atoms with Crippen LogP contribution in [-0.2, 0) is 6.42 Å². The van der Waals surface area contributed by atoms with Gasteiger partial charge < -0.3 is 0 Å². The lowest BCUT2D eigenvalue weighted by atomic mass is 9.98. The Morgan fingerprint density at radius 3 is 2.45 bits per heavy atom. The molecule has 2 amide bonds. The topological polar surface area (TPSA) is 40.6 Å². The number of piperidine rings is 1. The van der Waals surface area contributed by atoms with Crippen LogP contribution >= 0.6 is 12.4 Å². The van der Waals surface area contributed by atoms with Gasteiger partial charge >= 0.3 is 0 Å². The largest absolute Gasteiger partial charge is 0.276 e. The smallest absolute Gasteiger partial charge is 0.267 e. The van der Waals surface area contributed by atoms with Crippen molar-refractivity contribution < 1.29 is 9.59 Å². The maximum absolute atomic E-state index is 12.8. The first-order valence-electron chi connectivity index (χ1n) is 7.99. The Labute approximate surface area is 137 Å². The molecule has 0 radical (unpaired) electrons. The van der Waals surface area contributed by atoms with Crippen LogP contribution in [0.15, 0.2) is 18.2 Å². The highest BCUT2D eigenvalue weighted by Crippen LogP contribution is 2.29. The van der Waals surface area contributed by atoms with E-state index in [0.717, 1.165) is 50.8 Å². The first-order chi connectivity index (χ1) is 10.2. The number of carbonyl (C=O) groups excluding carboxylic acids is 2. The number of imide groups is 1. The summed E-state index contributed by atoms with van der Waals surface area (Å²) in [5, 5.41) is 3.32. The first kappa shape index (κ1) is 17.0. The third kappa shape index (κ3) is 2.90. The van der Waals surface area contributed by atoms with Gasteiger partial charge in [0.15, 0.2) is 0 Å². The third-order valence-corrected chi connectivity index (χ3v) is 4.39. The third-order valence-electron chi connectivity index (χ3n) is 4.39. The number of carbonyl (C=O) groups is 2. The number of aryl methyl sites for hydroxylation is 1. The molecule has 2 heterocycles. The summed E-state index contributed by atoms with van der Waals surface area (Å²) in [6.07, 6.45) is 6.28. The van der Waals surface area contributed by atoms with Gasteiger partial charge in [0.05, 0.1) is 11.1 Å². The zero-order chi connectivity index (χ0) is 14.8. The van der Waals surface area contributed by atoms with Crippen LogP contribution in [0.25, 0.3) is 0 Å². The highest BCUT2D eigenvalue weighted by Gasteiger charge is 2.40. The Hall–Kier alpha value is -1.39. The first-order valence-corrected chi connectivity index (χ1v) is 7.99. The number of hydrogen-bond acceptors (Lipinski definition) is 3. The Morgan fingerprint density at radius 1 is 1.05 bits per heavy atom. The zero-order valence-electron chi connectivity index (χ0n) is 13.0. The van der Waals surface area contributed by atoms with Crippen LogP contribution in [0.5, 0.6) is 0 Å². The van der Waals surface area contributed by atoms with Gasteiger partial charge in [-0.2, -0.15) is 0 Å². The predicted molar refractivity (Wildman–Crippen MR) is 88.2 cm³/mol. The predicted octanol–water partition coefficient (Wildman–Crippen LogP) is 3.45. The second kappa shape index (κ2) is 7.25. The van der Waals surface area contributed by atoms with Crippen LogP contribution < -0.4 is 0 Å². The van der Waals surface area contributed by atoms with Crippen molar-refractivity contribution in [1.29, 1.82) is 0 Å². The molecule has 22 heavy (non-hydrogen) atoms. The van der Waals surface area contributed by atoms with Crippen molar-refractivity contribution in [2.24, 2.45) is 0 Å². The molecule has 0 atom stereocenters. The van der Waals surface area contributed by atoms with E-state index in [1.165, 1.54) is 11.4 Å². The number of fused-ring (bicyclic) bond motifs is 1. The van der Waals surface area contributed by atoms with Gasteiger partial charge in [-0.3, -0.25) is 9.59 Å². The van der Waals surface area contributed by atoms with Gasteiger partial charge in [0.2, 0.25) is 0 Å². The number of halogens is 1. The number of unbranched alkanes of at least 4 members (excludes halogenated alkanes) is 1. The van der Waals surface area contributed by atoms with Crippen molar-refractivity contribution in [3.8, 4) is 0 Å². The van der Waals surface area contributed by atoms with Gasteiger partial charge in [0, 0.05) is 13.1 Å². The van der Waals surface area contributed by atoms with E-state index in [1.807, 2.05) is 17.1 Å². The molecule has 3 rings (SSSR count). The van der Waals surface area contributed by atoms with Crippen molar-refractivity contribution >= 4 is 24.2 Å². The minimum Gasteiger partial charge on any atom is -0.267 e. The summed E-state index contributed by atoms with van der Waals surface area (Å²) in [6, 6.07) is 5.67. The Bertz CT molecular complexity index is 568. The average Bonchev–Trinajstić information content (AvgIpc) is 2.78. The lowest BCUT2D eigenvalue weighted by Gasteiger charge is -2.32.